The third kappa shape index (κ3) is 5.56. The van der Waals surface area contributed by atoms with Crippen LogP contribution in [0.3, 0.4) is 0 Å². The zero-order chi connectivity index (χ0) is 13.5. The molecule has 1 aromatic rings. The van der Waals surface area contributed by atoms with Gasteiger partial charge in [0.1, 0.15) is 0 Å². The van der Waals surface area contributed by atoms with Gasteiger partial charge in [0.05, 0.1) is 11.9 Å². The Kier molecular flexibility index (Phi) is 6.22. The number of carbonyl (C=O) groups is 1. The molecule has 0 heterocycles. The molecule has 0 aliphatic rings. The molecule has 0 fully saturated rings. The fourth-order valence-electron chi connectivity index (χ4n) is 1.29. The molecule has 0 saturated carbocycles. The molecule has 1 atom stereocenters. The Morgan fingerprint density at radius 2 is 1.94 bits per heavy atom. The molecule has 4 heteroatoms. The van der Waals surface area contributed by atoms with Gasteiger partial charge in [0.25, 0.3) is 0 Å². The Hall–Kier alpha value is -1.00. The highest BCUT2D eigenvalue weighted by atomic mass is 32.2. The Bertz CT molecular complexity index is 376. The SMILES string of the molecule is Cc1ccc(SCC(=O)NCC(O)C(C)C)cc1. The zero-order valence-electron chi connectivity index (χ0n) is 11.1. The lowest BCUT2D eigenvalue weighted by atomic mass is 10.1. The molecule has 3 nitrogen and oxygen atoms in total. The number of aliphatic hydroxyl groups is 1. The first-order valence-electron chi connectivity index (χ1n) is 6.13. The second kappa shape index (κ2) is 7.44. The van der Waals surface area contributed by atoms with E-state index < -0.39 is 6.10 Å². The van der Waals surface area contributed by atoms with Crippen molar-refractivity contribution in [1.29, 1.82) is 0 Å². The van der Waals surface area contributed by atoms with Crippen LogP contribution in [0.25, 0.3) is 0 Å². The van der Waals surface area contributed by atoms with Crippen LogP contribution in [0.2, 0.25) is 0 Å². The predicted molar refractivity (Wildman–Crippen MR) is 75.8 cm³/mol. The molecule has 0 radical (unpaired) electrons. The van der Waals surface area contributed by atoms with Crippen LogP contribution in [0.15, 0.2) is 29.2 Å². The number of hydrogen-bond acceptors (Lipinski definition) is 3. The van der Waals surface area contributed by atoms with Crippen molar-refractivity contribution in [2.75, 3.05) is 12.3 Å². The van der Waals surface area contributed by atoms with E-state index in [1.807, 2.05) is 45.0 Å². The van der Waals surface area contributed by atoms with E-state index in [-0.39, 0.29) is 11.8 Å². The van der Waals surface area contributed by atoms with Gasteiger partial charge in [-0.1, -0.05) is 31.5 Å². The average Bonchev–Trinajstić information content (AvgIpc) is 2.35. The van der Waals surface area contributed by atoms with E-state index in [0.29, 0.717) is 12.3 Å². The number of carbonyl (C=O) groups excluding carboxylic acids is 1. The van der Waals surface area contributed by atoms with E-state index in [9.17, 15) is 9.90 Å². The van der Waals surface area contributed by atoms with E-state index in [1.54, 1.807) is 0 Å². The number of aliphatic hydroxyl groups excluding tert-OH is 1. The van der Waals surface area contributed by atoms with E-state index >= 15 is 0 Å². The molecule has 1 unspecified atom stereocenters. The molecule has 18 heavy (non-hydrogen) atoms. The highest BCUT2D eigenvalue weighted by Crippen LogP contribution is 2.17. The topological polar surface area (TPSA) is 49.3 Å². The Labute approximate surface area is 113 Å². The van der Waals surface area contributed by atoms with Crippen LogP contribution in [-0.2, 0) is 4.79 Å². The van der Waals surface area contributed by atoms with Gasteiger partial charge in [0.2, 0.25) is 5.91 Å². The minimum absolute atomic E-state index is 0.0414. The fourth-order valence-corrected chi connectivity index (χ4v) is 2.02. The van der Waals surface area contributed by atoms with Crippen molar-refractivity contribution in [1.82, 2.24) is 5.32 Å². The molecule has 1 rings (SSSR count). The lowest BCUT2D eigenvalue weighted by Crippen LogP contribution is -2.35. The summed E-state index contributed by atoms with van der Waals surface area (Å²) in [5.74, 6) is 0.503. The third-order valence-electron chi connectivity index (χ3n) is 2.67. The highest BCUT2D eigenvalue weighted by molar-refractivity contribution is 8.00. The summed E-state index contributed by atoms with van der Waals surface area (Å²) in [6, 6.07) is 8.08. The smallest absolute Gasteiger partial charge is 0.230 e. The molecule has 1 amide bonds. The standard InChI is InChI=1S/C14H21NO2S/c1-10(2)13(16)8-15-14(17)9-18-12-6-4-11(3)5-7-12/h4-7,10,13,16H,8-9H2,1-3H3,(H,15,17). The maximum absolute atomic E-state index is 11.6. The first-order valence-corrected chi connectivity index (χ1v) is 7.12. The molecule has 0 saturated heterocycles. The first kappa shape index (κ1) is 15.1. The van der Waals surface area contributed by atoms with E-state index in [0.717, 1.165) is 4.90 Å². The van der Waals surface area contributed by atoms with Gasteiger partial charge in [0.15, 0.2) is 0 Å². The number of rotatable bonds is 6. The minimum atomic E-state index is -0.474. The lowest BCUT2D eigenvalue weighted by Gasteiger charge is -2.14. The summed E-state index contributed by atoms with van der Waals surface area (Å²) in [7, 11) is 0. The first-order chi connectivity index (χ1) is 8.49. The molecule has 0 spiro atoms. The average molecular weight is 267 g/mol. The van der Waals surface area contributed by atoms with E-state index in [1.165, 1.54) is 17.3 Å². The molecule has 1 aromatic carbocycles. The molecule has 0 bridgehead atoms. The van der Waals surface area contributed by atoms with Gasteiger partial charge in [-0.25, -0.2) is 0 Å². The maximum Gasteiger partial charge on any atom is 0.230 e. The lowest BCUT2D eigenvalue weighted by molar-refractivity contribution is -0.119. The van der Waals surface area contributed by atoms with Crippen molar-refractivity contribution in [3.8, 4) is 0 Å². The van der Waals surface area contributed by atoms with Gasteiger partial charge in [-0.2, -0.15) is 0 Å². The number of benzene rings is 1. The van der Waals surface area contributed by atoms with Gasteiger partial charge in [0, 0.05) is 11.4 Å². The summed E-state index contributed by atoms with van der Waals surface area (Å²) in [5, 5.41) is 12.3. The van der Waals surface area contributed by atoms with Gasteiger partial charge < -0.3 is 10.4 Å². The number of thioether (sulfide) groups is 1. The summed E-state index contributed by atoms with van der Waals surface area (Å²) in [5.41, 5.74) is 1.21. The van der Waals surface area contributed by atoms with Crippen molar-refractivity contribution >= 4 is 17.7 Å². The van der Waals surface area contributed by atoms with Crippen molar-refractivity contribution in [2.24, 2.45) is 5.92 Å². The maximum atomic E-state index is 11.6. The number of aryl methyl sites for hydroxylation is 1. The normalized spacial score (nSPS) is 12.5. The molecule has 100 valence electrons. The number of amides is 1. The molecule has 0 aliphatic carbocycles. The minimum Gasteiger partial charge on any atom is -0.391 e. The summed E-state index contributed by atoms with van der Waals surface area (Å²) in [6.07, 6.45) is -0.474. The predicted octanol–water partition coefficient (Wildman–Crippen LogP) is 2.22. The van der Waals surface area contributed by atoms with Crippen LogP contribution >= 0.6 is 11.8 Å². The number of hydrogen-bond donors (Lipinski definition) is 2. The quantitative estimate of drug-likeness (QED) is 0.777. The molecule has 0 aliphatic heterocycles. The highest BCUT2D eigenvalue weighted by Gasteiger charge is 2.10. The van der Waals surface area contributed by atoms with Crippen LogP contribution in [0.1, 0.15) is 19.4 Å². The molecular weight excluding hydrogens is 246 g/mol. The largest absolute Gasteiger partial charge is 0.391 e. The molecule has 2 N–H and O–H groups in total. The van der Waals surface area contributed by atoms with Crippen LogP contribution in [0, 0.1) is 12.8 Å². The monoisotopic (exact) mass is 267 g/mol. The Morgan fingerprint density at radius 3 is 2.50 bits per heavy atom. The van der Waals surface area contributed by atoms with Gasteiger partial charge >= 0.3 is 0 Å². The second-order valence-corrected chi connectivity index (χ2v) is 5.77. The van der Waals surface area contributed by atoms with Crippen LogP contribution < -0.4 is 5.32 Å². The second-order valence-electron chi connectivity index (χ2n) is 4.72. The molecular formula is C14H21NO2S. The fraction of sp³-hybridized carbons (Fsp3) is 0.500. The number of nitrogens with one attached hydrogen (secondary N) is 1. The van der Waals surface area contributed by atoms with Crippen LogP contribution in [0.4, 0.5) is 0 Å². The summed E-state index contributed by atoms with van der Waals surface area (Å²) < 4.78 is 0. The van der Waals surface area contributed by atoms with E-state index in [2.05, 4.69) is 5.32 Å². The third-order valence-corrected chi connectivity index (χ3v) is 3.68. The van der Waals surface area contributed by atoms with Crippen LogP contribution in [0.5, 0.6) is 0 Å². The zero-order valence-corrected chi connectivity index (χ0v) is 12.0. The van der Waals surface area contributed by atoms with Crippen molar-refractivity contribution in [3.63, 3.8) is 0 Å². The summed E-state index contributed by atoms with van der Waals surface area (Å²) >= 11 is 1.50. The van der Waals surface area contributed by atoms with E-state index in [4.69, 9.17) is 0 Å². The van der Waals surface area contributed by atoms with Crippen molar-refractivity contribution in [3.05, 3.63) is 29.8 Å². The summed E-state index contributed by atoms with van der Waals surface area (Å²) in [4.78, 5) is 12.7. The Morgan fingerprint density at radius 1 is 1.33 bits per heavy atom. The van der Waals surface area contributed by atoms with Gasteiger partial charge in [-0.05, 0) is 25.0 Å². The van der Waals surface area contributed by atoms with Gasteiger partial charge in [-0.15, -0.1) is 11.8 Å². The molecule has 0 aromatic heterocycles. The Balaban J connectivity index is 2.27. The van der Waals surface area contributed by atoms with Gasteiger partial charge in [-0.3, -0.25) is 4.79 Å². The van der Waals surface area contributed by atoms with Crippen molar-refractivity contribution < 1.29 is 9.90 Å². The van der Waals surface area contributed by atoms with Crippen molar-refractivity contribution in [2.45, 2.75) is 31.8 Å². The van der Waals surface area contributed by atoms with Crippen LogP contribution in [-0.4, -0.2) is 29.4 Å². The summed E-state index contributed by atoms with van der Waals surface area (Å²) in [6.45, 7) is 6.22.